The Hall–Kier alpha value is 2.18. The second kappa shape index (κ2) is 19.0. The topological polar surface area (TPSA) is 31.5 Å². The third-order valence-electron chi connectivity index (χ3n) is 0. The molecule has 0 heterocycles. The molecule has 2 N–H and O–H groups in total. The number of hydrogen-bond donors (Lipinski definition) is 0. The predicted molar refractivity (Wildman–Crippen MR) is 24.9 cm³/mol. The van der Waals surface area contributed by atoms with Crippen LogP contribution in [0.4, 0.5) is 0 Å². The Kier molecular flexibility index (Phi) is 166. The first-order chi connectivity index (χ1) is 0. The van der Waals surface area contributed by atoms with Crippen LogP contribution in [0.1, 0.15) is 0 Å². The van der Waals surface area contributed by atoms with Gasteiger partial charge in [0.25, 0.3) is 0 Å². The van der Waals surface area contributed by atoms with Crippen molar-refractivity contribution in [1.29, 1.82) is 0 Å². The van der Waals surface area contributed by atoms with Gasteiger partial charge in [-0.2, -0.15) is 0 Å². The Morgan fingerprint density at radius 2 is 1.00 bits per heavy atom. The molecule has 0 amide bonds. The SMILES string of the molecule is O.[SnH3].[SnH4].[Zn]. The number of rotatable bonds is 0. The van der Waals surface area contributed by atoms with Crippen LogP contribution in [0, 0.1) is 0 Å². The van der Waals surface area contributed by atoms with E-state index in [1.165, 1.54) is 0 Å². The van der Waals surface area contributed by atoms with E-state index in [1.807, 2.05) is 0 Å². The van der Waals surface area contributed by atoms with Gasteiger partial charge in [0.2, 0.25) is 0 Å². The van der Waals surface area contributed by atoms with Crippen molar-refractivity contribution in [2.45, 2.75) is 0 Å². The van der Waals surface area contributed by atoms with Gasteiger partial charge in [-0.1, -0.05) is 0 Å². The zero-order valence-electron chi connectivity index (χ0n) is 2.21. The largest absolute Gasteiger partial charge is 0 e. The van der Waals surface area contributed by atoms with Gasteiger partial charge in [-0.05, 0) is 0 Å². The molecule has 1 radical (unpaired) electrons. The van der Waals surface area contributed by atoms with E-state index in [-0.39, 0.29) is 72.8 Å². The van der Waals surface area contributed by atoms with Crippen LogP contribution in [-0.2, 0) is 19.5 Å². The molecular formula is H9OSn2Zn. The summed E-state index contributed by atoms with van der Waals surface area (Å²) in [5.41, 5.74) is 0. The van der Waals surface area contributed by atoms with E-state index in [0.29, 0.717) is 0 Å². The fourth-order valence-electron chi connectivity index (χ4n) is 0. The van der Waals surface area contributed by atoms with Crippen LogP contribution in [0.5, 0.6) is 0 Å². The molecule has 0 aromatic heterocycles. The van der Waals surface area contributed by atoms with Crippen molar-refractivity contribution < 1.29 is 25.0 Å². The molecule has 0 saturated heterocycles. The Morgan fingerprint density at radius 1 is 1.00 bits per heavy atom. The molecule has 0 rings (SSSR count). The summed E-state index contributed by atoms with van der Waals surface area (Å²) in [6.45, 7) is 0. The van der Waals surface area contributed by atoms with Crippen molar-refractivity contribution >= 4 is 47.8 Å². The Bertz CT molecular complexity index is 6.00. The Balaban J connectivity index is 0. The van der Waals surface area contributed by atoms with E-state index in [2.05, 4.69) is 0 Å². The molecule has 1 nitrogen and oxygen atoms in total. The second-order valence-corrected chi connectivity index (χ2v) is 0. The summed E-state index contributed by atoms with van der Waals surface area (Å²) in [5.74, 6) is 0. The van der Waals surface area contributed by atoms with Crippen molar-refractivity contribution in [3.8, 4) is 0 Å². The van der Waals surface area contributed by atoms with E-state index in [9.17, 15) is 0 Å². The Morgan fingerprint density at radius 3 is 1.00 bits per heavy atom. The van der Waals surface area contributed by atoms with Gasteiger partial charge in [0.1, 0.15) is 0 Å². The fourth-order valence-corrected chi connectivity index (χ4v) is 0. The molecule has 4 heavy (non-hydrogen) atoms. The van der Waals surface area contributed by atoms with Gasteiger partial charge in [-0.25, -0.2) is 0 Å². The van der Waals surface area contributed by atoms with Crippen LogP contribution in [0.15, 0.2) is 0 Å². The predicted octanol–water partition coefficient (Wildman–Crippen LogP) is -3.46. The van der Waals surface area contributed by atoms with Crippen molar-refractivity contribution in [1.82, 2.24) is 0 Å². The summed E-state index contributed by atoms with van der Waals surface area (Å²) >= 11 is 0. The van der Waals surface area contributed by atoms with Crippen LogP contribution in [0.2, 0.25) is 0 Å². The quantitative estimate of drug-likeness (QED) is 0.414. The molecule has 0 spiro atoms. The molecule has 0 aliphatic heterocycles. The van der Waals surface area contributed by atoms with Crippen LogP contribution in [-0.4, -0.2) is 53.3 Å². The summed E-state index contributed by atoms with van der Waals surface area (Å²) in [7, 11) is 0. The molecule has 4 heteroatoms. The van der Waals surface area contributed by atoms with Crippen LogP contribution >= 0.6 is 0 Å². The molecule has 0 fully saturated rings. The summed E-state index contributed by atoms with van der Waals surface area (Å²) < 4.78 is 0. The zero-order valence-corrected chi connectivity index (χ0v) is 10.9. The summed E-state index contributed by atoms with van der Waals surface area (Å²) in [5, 5.41) is 0. The van der Waals surface area contributed by atoms with Gasteiger partial charge in [0, 0.05) is 19.5 Å². The van der Waals surface area contributed by atoms with Gasteiger partial charge < -0.3 is 5.48 Å². The van der Waals surface area contributed by atoms with Crippen molar-refractivity contribution in [2.24, 2.45) is 0 Å². The third kappa shape index (κ3) is 8.89. The molecule has 0 saturated carbocycles. The van der Waals surface area contributed by atoms with Crippen LogP contribution in [0.25, 0.3) is 0 Å². The molecule has 0 aromatic rings. The number of hydrogen-bond acceptors (Lipinski definition) is 0. The first-order valence-corrected chi connectivity index (χ1v) is 0. The fraction of sp³-hybridized carbons (Fsp3) is 0. The van der Waals surface area contributed by atoms with Crippen molar-refractivity contribution in [3.05, 3.63) is 0 Å². The van der Waals surface area contributed by atoms with E-state index >= 15 is 0 Å². The smallest absolute Gasteiger partial charge is 0 e. The van der Waals surface area contributed by atoms with Crippen molar-refractivity contribution in [3.63, 3.8) is 0 Å². The maximum absolute atomic E-state index is 0. The molecule has 0 aliphatic rings. The molecule has 0 atom stereocenters. The van der Waals surface area contributed by atoms with E-state index in [4.69, 9.17) is 0 Å². The summed E-state index contributed by atoms with van der Waals surface area (Å²) in [6, 6.07) is 0. The first kappa shape index (κ1) is 34.9. The molecule has 0 unspecified atom stereocenters. The van der Waals surface area contributed by atoms with Gasteiger partial charge in [-0.3, -0.25) is 0 Å². The normalized spacial score (nSPS) is 0. The molecule has 0 aliphatic carbocycles. The Labute approximate surface area is 71.9 Å². The first-order valence-electron chi connectivity index (χ1n) is 0. The maximum Gasteiger partial charge on any atom is 0 e. The van der Waals surface area contributed by atoms with Crippen LogP contribution in [0.3, 0.4) is 0 Å². The van der Waals surface area contributed by atoms with Crippen molar-refractivity contribution in [2.75, 3.05) is 0 Å². The monoisotopic (exact) mass is 329 g/mol. The molecular weight excluding hydrogens is 319 g/mol. The minimum atomic E-state index is 0. The third-order valence-corrected chi connectivity index (χ3v) is 0. The molecule has 0 bridgehead atoms. The van der Waals surface area contributed by atoms with E-state index < -0.39 is 0 Å². The molecule has 25 valence electrons. The van der Waals surface area contributed by atoms with E-state index in [1.54, 1.807) is 0 Å². The average molecular weight is 328 g/mol. The minimum absolute atomic E-state index is 0. The molecule has 0 aromatic carbocycles. The standard InChI is InChI=1S/H2O.2Sn.Zn.7H/h1H2;;;;;;;;;;. The van der Waals surface area contributed by atoms with Gasteiger partial charge in [0.15, 0.2) is 0 Å². The minimum Gasteiger partial charge on any atom is 0 e. The van der Waals surface area contributed by atoms with Gasteiger partial charge in [0.05, 0.1) is 0 Å². The zero-order chi connectivity index (χ0) is 0. The maximum atomic E-state index is 0. The summed E-state index contributed by atoms with van der Waals surface area (Å²) in [4.78, 5) is 0. The summed E-state index contributed by atoms with van der Waals surface area (Å²) in [6.07, 6.45) is 0. The van der Waals surface area contributed by atoms with Gasteiger partial charge in [-0.15, -0.1) is 0 Å². The van der Waals surface area contributed by atoms with E-state index in [0.717, 1.165) is 0 Å². The van der Waals surface area contributed by atoms with Crippen LogP contribution < -0.4 is 0 Å². The second-order valence-electron chi connectivity index (χ2n) is 0. The van der Waals surface area contributed by atoms with Gasteiger partial charge >= 0.3 is 47.8 Å². The average Bonchev–Trinajstić information content (AvgIpc) is 0.